The summed E-state index contributed by atoms with van der Waals surface area (Å²) in [5.41, 5.74) is 1.10. The number of hydrogen-bond donors (Lipinski definition) is 0. The van der Waals surface area contributed by atoms with Crippen LogP contribution in [0.15, 0.2) is 11.6 Å². The molecule has 0 amide bonds. The van der Waals surface area contributed by atoms with E-state index in [9.17, 15) is 9.59 Å². The van der Waals surface area contributed by atoms with Gasteiger partial charge in [0.1, 0.15) is 6.61 Å². The lowest BCUT2D eigenvalue weighted by Gasteiger charge is -2.09. The van der Waals surface area contributed by atoms with Crippen LogP contribution in [-0.2, 0) is 19.1 Å². The number of ether oxygens (including phenoxy) is 2. The molecule has 0 aromatic carbocycles. The second-order valence-electron chi connectivity index (χ2n) is 4.60. The van der Waals surface area contributed by atoms with Crippen LogP contribution < -0.4 is 0 Å². The molecule has 0 spiro atoms. The van der Waals surface area contributed by atoms with Gasteiger partial charge in [0.25, 0.3) is 0 Å². The van der Waals surface area contributed by atoms with Crippen molar-refractivity contribution >= 4 is 11.9 Å². The number of carbonyl (C=O) groups is 2. The highest BCUT2D eigenvalue weighted by Crippen LogP contribution is 2.04. The Hall–Kier alpha value is -1.76. The molecule has 0 aromatic rings. The maximum atomic E-state index is 11.5. The van der Waals surface area contributed by atoms with Crippen molar-refractivity contribution in [3.8, 4) is 11.8 Å². The zero-order chi connectivity index (χ0) is 15.4. The summed E-state index contributed by atoms with van der Waals surface area (Å²) in [4.78, 5) is 22.9. The van der Waals surface area contributed by atoms with Crippen LogP contribution in [0.3, 0.4) is 0 Å². The van der Waals surface area contributed by atoms with E-state index in [1.165, 1.54) is 0 Å². The Morgan fingerprint density at radius 1 is 1.20 bits per heavy atom. The average molecular weight is 280 g/mol. The van der Waals surface area contributed by atoms with Gasteiger partial charge in [0.05, 0.1) is 0 Å². The number of hydrogen-bond acceptors (Lipinski definition) is 4. The summed E-state index contributed by atoms with van der Waals surface area (Å²) < 4.78 is 10.1. The first-order chi connectivity index (χ1) is 9.49. The van der Waals surface area contributed by atoms with Crippen LogP contribution in [0.1, 0.15) is 53.4 Å². The van der Waals surface area contributed by atoms with Crippen molar-refractivity contribution in [2.45, 2.75) is 59.5 Å². The first kappa shape index (κ1) is 18.2. The van der Waals surface area contributed by atoms with E-state index < -0.39 is 0 Å². The molecular weight excluding hydrogens is 256 g/mol. The quantitative estimate of drug-likeness (QED) is 0.389. The third-order valence-corrected chi connectivity index (χ3v) is 2.45. The van der Waals surface area contributed by atoms with Crippen molar-refractivity contribution in [3.05, 3.63) is 11.6 Å². The molecule has 112 valence electrons. The van der Waals surface area contributed by atoms with Crippen LogP contribution >= 0.6 is 0 Å². The maximum absolute atomic E-state index is 11.5. The van der Waals surface area contributed by atoms with Gasteiger partial charge in [-0.1, -0.05) is 18.4 Å². The van der Waals surface area contributed by atoms with Crippen LogP contribution in [0.25, 0.3) is 0 Å². The van der Waals surface area contributed by atoms with Crippen LogP contribution in [0.4, 0.5) is 0 Å². The molecule has 0 radical (unpaired) electrons. The molecule has 0 bridgehead atoms. The van der Waals surface area contributed by atoms with Gasteiger partial charge in [-0.2, -0.15) is 0 Å². The summed E-state index contributed by atoms with van der Waals surface area (Å²) in [6.45, 7) is 7.78. The third kappa shape index (κ3) is 10.2. The predicted molar refractivity (Wildman–Crippen MR) is 77.9 cm³/mol. The molecule has 0 aliphatic rings. The molecule has 20 heavy (non-hydrogen) atoms. The Balaban J connectivity index is 3.82. The fourth-order valence-electron chi connectivity index (χ4n) is 1.34. The molecular formula is C16H24O4. The minimum atomic E-state index is -0.350. The lowest BCUT2D eigenvalue weighted by Crippen LogP contribution is -2.16. The van der Waals surface area contributed by atoms with E-state index >= 15 is 0 Å². The summed E-state index contributed by atoms with van der Waals surface area (Å²) in [5.74, 6) is 4.92. The summed E-state index contributed by atoms with van der Waals surface area (Å²) >= 11 is 0. The highest BCUT2D eigenvalue weighted by atomic mass is 16.5. The Bertz CT molecular complexity index is 394. The maximum Gasteiger partial charge on any atom is 0.307 e. The second-order valence-corrected chi connectivity index (χ2v) is 4.60. The van der Waals surface area contributed by atoms with Crippen molar-refractivity contribution in [2.75, 3.05) is 6.61 Å². The monoisotopic (exact) mass is 280 g/mol. The van der Waals surface area contributed by atoms with E-state index in [1.54, 1.807) is 6.92 Å². The summed E-state index contributed by atoms with van der Waals surface area (Å²) in [5, 5.41) is 0. The zero-order valence-electron chi connectivity index (χ0n) is 12.8. The Kier molecular flexibility index (Phi) is 10.1. The van der Waals surface area contributed by atoms with Crippen LogP contribution in [0, 0.1) is 11.8 Å². The molecule has 4 nitrogen and oxygen atoms in total. The fourth-order valence-corrected chi connectivity index (χ4v) is 1.34. The smallest absolute Gasteiger partial charge is 0.307 e. The standard InChI is InChI=1S/C16H24O4/c1-5-8-14(6-2)20-16(18)10-7-9-15(17)19-12-11-13(3)4/h11,14H,6-7,9-10,12H2,1-4H3. The highest BCUT2D eigenvalue weighted by molar-refractivity contribution is 5.72. The van der Waals surface area contributed by atoms with Gasteiger partial charge < -0.3 is 9.47 Å². The molecule has 1 atom stereocenters. The number of allylic oxidation sites excluding steroid dienone is 1. The van der Waals surface area contributed by atoms with Gasteiger partial charge in [-0.05, 0) is 39.7 Å². The largest absolute Gasteiger partial charge is 0.461 e. The Labute approximate surface area is 121 Å². The lowest BCUT2D eigenvalue weighted by atomic mass is 10.2. The molecule has 0 fully saturated rings. The summed E-state index contributed by atoms with van der Waals surface area (Å²) in [6, 6.07) is 0. The molecule has 0 aromatic heterocycles. The highest BCUT2D eigenvalue weighted by Gasteiger charge is 2.11. The molecule has 0 heterocycles. The number of carbonyl (C=O) groups excluding carboxylic acids is 2. The molecule has 0 saturated carbocycles. The van der Waals surface area contributed by atoms with Gasteiger partial charge in [-0.15, -0.1) is 5.92 Å². The number of esters is 2. The number of rotatable bonds is 8. The minimum absolute atomic E-state index is 0.208. The normalized spacial score (nSPS) is 10.8. The molecule has 0 rings (SSSR count). The SMILES string of the molecule is CC#CC(CC)OC(=O)CCCC(=O)OCC=C(C)C. The molecule has 0 aliphatic heterocycles. The van der Waals surface area contributed by atoms with Gasteiger partial charge in [0, 0.05) is 12.8 Å². The molecule has 0 N–H and O–H groups in total. The van der Waals surface area contributed by atoms with E-state index in [0.717, 1.165) is 5.57 Å². The molecule has 1 unspecified atom stereocenters. The van der Waals surface area contributed by atoms with Gasteiger partial charge in [0.2, 0.25) is 0 Å². The van der Waals surface area contributed by atoms with Crippen molar-refractivity contribution in [3.63, 3.8) is 0 Å². The van der Waals surface area contributed by atoms with Crippen molar-refractivity contribution in [1.82, 2.24) is 0 Å². The Morgan fingerprint density at radius 3 is 2.40 bits per heavy atom. The molecule has 0 aliphatic carbocycles. The van der Waals surface area contributed by atoms with Gasteiger partial charge >= 0.3 is 11.9 Å². The van der Waals surface area contributed by atoms with E-state index in [-0.39, 0.29) is 37.5 Å². The molecule has 4 heteroatoms. The first-order valence-corrected chi connectivity index (χ1v) is 6.90. The molecule has 0 saturated heterocycles. The predicted octanol–water partition coefficient (Wildman–Crippen LogP) is 3.01. The zero-order valence-corrected chi connectivity index (χ0v) is 12.8. The topological polar surface area (TPSA) is 52.6 Å². The Morgan fingerprint density at radius 2 is 1.85 bits per heavy atom. The van der Waals surface area contributed by atoms with Gasteiger partial charge in [-0.25, -0.2) is 0 Å². The van der Waals surface area contributed by atoms with Crippen LogP contribution in [0.2, 0.25) is 0 Å². The van der Waals surface area contributed by atoms with E-state index in [4.69, 9.17) is 9.47 Å². The first-order valence-electron chi connectivity index (χ1n) is 6.90. The van der Waals surface area contributed by atoms with Gasteiger partial charge in [-0.3, -0.25) is 9.59 Å². The second kappa shape index (κ2) is 11.1. The fraction of sp³-hybridized carbons (Fsp3) is 0.625. The minimum Gasteiger partial charge on any atom is -0.461 e. The third-order valence-electron chi connectivity index (χ3n) is 2.45. The summed E-state index contributed by atoms with van der Waals surface area (Å²) in [7, 11) is 0. The van der Waals surface area contributed by atoms with Crippen molar-refractivity contribution < 1.29 is 19.1 Å². The lowest BCUT2D eigenvalue weighted by molar-refractivity contribution is -0.147. The average Bonchev–Trinajstić information content (AvgIpc) is 2.37. The van der Waals surface area contributed by atoms with Gasteiger partial charge in [0.15, 0.2) is 6.10 Å². The van der Waals surface area contributed by atoms with E-state index in [0.29, 0.717) is 12.8 Å². The summed E-state index contributed by atoms with van der Waals surface area (Å²) in [6.07, 6.45) is 3.01. The van der Waals surface area contributed by atoms with Crippen LogP contribution in [0.5, 0.6) is 0 Å². The van der Waals surface area contributed by atoms with Crippen molar-refractivity contribution in [1.29, 1.82) is 0 Å². The van der Waals surface area contributed by atoms with Crippen molar-refractivity contribution in [2.24, 2.45) is 0 Å². The van der Waals surface area contributed by atoms with E-state index in [2.05, 4.69) is 11.8 Å². The van der Waals surface area contributed by atoms with E-state index in [1.807, 2.05) is 26.8 Å². The van der Waals surface area contributed by atoms with Crippen LogP contribution in [-0.4, -0.2) is 24.6 Å².